The van der Waals surface area contributed by atoms with Crippen molar-refractivity contribution in [2.75, 3.05) is 10.6 Å². The van der Waals surface area contributed by atoms with Crippen molar-refractivity contribution >= 4 is 77.4 Å². The monoisotopic (exact) mass is 996 g/mol. The van der Waals surface area contributed by atoms with Crippen LogP contribution in [0.4, 0.5) is 11.4 Å². The summed E-state index contributed by atoms with van der Waals surface area (Å²) in [4.78, 5) is 54.8. The summed E-state index contributed by atoms with van der Waals surface area (Å²) in [6, 6.07) is 28.0. The van der Waals surface area contributed by atoms with Gasteiger partial charge >= 0.3 is 0 Å². The summed E-state index contributed by atoms with van der Waals surface area (Å²) in [5.41, 5.74) is 9.61. The number of nitrogens with two attached hydrogens (primary N) is 1. The highest BCUT2D eigenvalue weighted by molar-refractivity contribution is 7.91. The van der Waals surface area contributed by atoms with Crippen LogP contribution in [-0.4, -0.2) is 61.2 Å². The lowest BCUT2D eigenvalue weighted by Gasteiger charge is -2.20. The molecule has 2 aliphatic heterocycles. The molecular formula is C48H49ClN8O10S2. The molecule has 0 fully saturated rings. The van der Waals surface area contributed by atoms with E-state index < -0.39 is 31.6 Å². The number of hydrogen-bond acceptors (Lipinski definition) is 15. The summed E-state index contributed by atoms with van der Waals surface area (Å²) >= 11 is 4.64. The van der Waals surface area contributed by atoms with Crippen LogP contribution in [0.25, 0.3) is 0 Å². The number of fused-ring (bicyclic) bond motifs is 2. The predicted molar refractivity (Wildman–Crippen MR) is 259 cm³/mol. The van der Waals surface area contributed by atoms with Crippen molar-refractivity contribution in [3.63, 3.8) is 0 Å². The van der Waals surface area contributed by atoms with Gasteiger partial charge in [0.1, 0.15) is 22.3 Å². The second-order valence-electron chi connectivity index (χ2n) is 15.9. The molecule has 8 rings (SSSR count). The Morgan fingerprint density at radius 3 is 1.42 bits per heavy atom. The van der Waals surface area contributed by atoms with Crippen LogP contribution >= 0.6 is 11.6 Å². The molecule has 0 saturated heterocycles. The van der Waals surface area contributed by atoms with Crippen LogP contribution in [0.3, 0.4) is 0 Å². The Kier molecular flexibility index (Phi) is 16.9. The summed E-state index contributed by atoms with van der Waals surface area (Å²) in [5.74, 6) is -0.996. The molecule has 4 unspecified atom stereocenters. The Morgan fingerprint density at radius 1 is 0.638 bits per heavy atom. The van der Waals surface area contributed by atoms with E-state index in [-0.39, 0.29) is 75.1 Å². The van der Waals surface area contributed by atoms with Gasteiger partial charge in [0.05, 0.1) is 41.6 Å². The molecule has 69 heavy (non-hydrogen) atoms. The number of nitrogens with one attached hydrogen (secondary N) is 3. The lowest BCUT2D eigenvalue weighted by Crippen LogP contribution is -2.29. The number of amides is 1. The third-order valence-corrected chi connectivity index (χ3v) is 13.3. The van der Waals surface area contributed by atoms with Crippen LogP contribution in [-0.2, 0) is 39.2 Å². The molecule has 0 saturated carbocycles. The van der Waals surface area contributed by atoms with E-state index >= 15 is 0 Å². The molecule has 2 aliphatic rings. The number of oxazole rings is 2. The predicted octanol–water partition coefficient (Wildman–Crippen LogP) is 7.73. The summed E-state index contributed by atoms with van der Waals surface area (Å²) in [6.07, 6.45) is 6.92. The Labute approximate surface area is 404 Å². The van der Waals surface area contributed by atoms with Gasteiger partial charge in [-0.15, -0.1) is 8.80 Å². The molecule has 2 aromatic heterocycles. The fraction of sp³-hybridized carbons (Fsp3) is 0.250. The van der Waals surface area contributed by atoms with E-state index in [4.69, 9.17) is 14.6 Å². The smallest absolute Gasteiger partial charge is 0.286 e. The van der Waals surface area contributed by atoms with E-state index in [0.29, 0.717) is 41.4 Å². The first-order valence-electron chi connectivity index (χ1n) is 21.5. The van der Waals surface area contributed by atoms with Gasteiger partial charge in [0.2, 0.25) is 22.9 Å². The molecule has 0 bridgehead atoms. The first-order chi connectivity index (χ1) is 32.8. The number of halogens is 1. The molecular weight excluding hydrogens is 948 g/mol. The number of carbonyl (C=O) groups is 4. The largest absolute Gasteiger partial charge is 0.448 e. The topological polar surface area (TPSA) is 275 Å². The van der Waals surface area contributed by atoms with Gasteiger partial charge in [0.15, 0.2) is 23.2 Å². The maximum absolute atomic E-state index is 12.9. The van der Waals surface area contributed by atoms with Crippen molar-refractivity contribution in [2.45, 2.75) is 87.1 Å². The lowest BCUT2D eigenvalue weighted by atomic mass is 9.93. The molecule has 0 aliphatic carbocycles. The van der Waals surface area contributed by atoms with Crippen LogP contribution in [0.15, 0.2) is 149 Å². The van der Waals surface area contributed by atoms with E-state index in [2.05, 4.69) is 46.3 Å². The van der Waals surface area contributed by atoms with E-state index in [9.17, 15) is 36.0 Å². The van der Waals surface area contributed by atoms with Gasteiger partial charge in [-0.25, -0.2) is 9.97 Å². The summed E-state index contributed by atoms with van der Waals surface area (Å²) in [7, 11) is -8.10. The van der Waals surface area contributed by atoms with Crippen LogP contribution in [0, 0.1) is 0 Å². The third-order valence-electron chi connectivity index (χ3n) is 10.7. The fourth-order valence-corrected chi connectivity index (χ4v) is 9.71. The van der Waals surface area contributed by atoms with Gasteiger partial charge < -0.3 is 30.5 Å². The number of anilines is 2. The minimum atomic E-state index is -4.09. The number of amidine groups is 2. The number of nitrogens with zero attached hydrogens (tertiary/aromatic N) is 4. The standard InChI is InChI=1S/C24H24N4O5S.C22H22N4O4S.C2H3ClO/c1-15(26-16(2)29)18-8-10-20-22(14-18)34(31,32)28-23(27-20)21(30)11-9-19(24-25-12-13-33-24)17-6-4-3-5-7-17;1-14(23)16-7-9-18-20(13-16)31(28,29)26-21(25-18)19(27)10-8-17(22-24-11-12-30-22)15-5-3-2-4-6-15;1-2(3)4/h3-8,10,12-15,19H,9,11H2,1-2H3,(H,26,29)(H,27,28);2-7,9,11-14,17H,8,10,23H2,1H3,(H,25,26);1H3. The van der Waals surface area contributed by atoms with Crippen molar-refractivity contribution in [3.8, 4) is 0 Å². The average Bonchev–Trinajstić information content (AvgIpc) is 4.05. The summed E-state index contributed by atoms with van der Waals surface area (Å²) in [5, 5.41) is 8.07. The highest BCUT2D eigenvalue weighted by Gasteiger charge is 2.32. The number of sulfonamides is 2. The molecule has 6 aromatic rings. The molecule has 360 valence electrons. The van der Waals surface area contributed by atoms with E-state index in [0.717, 1.165) is 11.1 Å². The Balaban J connectivity index is 0.000000211. The molecule has 4 heterocycles. The summed E-state index contributed by atoms with van der Waals surface area (Å²) < 4.78 is 69.4. The number of carbonyl (C=O) groups excluding carboxylic acids is 4. The maximum Gasteiger partial charge on any atom is 0.286 e. The molecule has 0 radical (unpaired) electrons. The van der Waals surface area contributed by atoms with Crippen LogP contribution in [0.1, 0.15) is 111 Å². The van der Waals surface area contributed by atoms with E-state index in [1.807, 2.05) is 60.7 Å². The number of Topliss-reactive ketones (excluding diaryl/α,β-unsaturated/α-hetero) is 2. The van der Waals surface area contributed by atoms with Crippen LogP contribution in [0.2, 0.25) is 0 Å². The molecule has 5 N–H and O–H groups in total. The average molecular weight is 998 g/mol. The Hall–Kier alpha value is -7.13. The minimum Gasteiger partial charge on any atom is -0.448 e. The number of rotatable bonds is 15. The number of hydrogen-bond donors (Lipinski definition) is 4. The SMILES string of the molecule is CC(=O)Cl.CC(=O)NC(C)c1ccc2c(c1)S(=O)(=O)N=C(C(=O)CCC(c1ccccc1)c1ncco1)N2.CC(N)c1ccc2c(c1)S(=O)(=O)N=C(C(=O)CCC(c1ccccc1)c1ncco1)N2. The van der Waals surface area contributed by atoms with Gasteiger partial charge in [0, 0.05) is 32.7 Å². The van der Waals surface area contributed by atoms with Gasteiger partial charge in [-0.1, -0.05) is 72.8 Å². The van der Waals surface area contributed by atoms with Gasteiger partial charge in [-0.3, -0.25) is 19.2 Å². The number of ketones is 2. The van der Waals surface area contributed by atoms with Gasteiger partial charge in [-0.2, -0.15) is 16.8 Å². The quantitative estimate of drug-likeness (QED) is 0.0717. The molecule has 4 atom stereocenters. The second-order valence-corrected chi connectivity index (χ2v) is 19.5. The maximum atomic E-state index is 12.9. The number of aromatic nitrogens is 2. The fourth-order valence-electron chi connectivity index (χ4n) is 7.37. The number of benzene rings is 4. The molecule has 1 amide bonds. The molecule has 18 nitrogen and oxygen atoms in total. The second kappa shape index (κ2) is 22.8. The first-order valence-corrected chi connectivity index (χ1v) is 24.7. The van der Waals surface area contributed by atoms with Crippen molar-refractivity contribution in [1.82, 2.24) is 15.3 Å². The zero-order valence-corrected chi connectivity index (χ0v) is 40.2. The lowest BCUT2D eigenvalue weighted by molar-refractivity contribution is -0.119. The summed E-state index contributed by atoms with van der Waals surface area (Å²) in [6.45, 7) is 6.20. The normalized spacial score (nSPS) is 15.6. The van der Waals surface area contributed by atoms with Crippen LogP contribution in [0.5, 0.6) is 0 Å². The van der Waals surface area contributed by atoms with Crippen molar-refractivity contribution in [2.24, 2.45) is 14.5 Å². The highest BCUT2D eigenvalue weighted by atomic mass is 35.5. The van der Waals surface area contributed by atoms with E-state index in [1.165, 1.54) is 38.5 Å². The zero-order chi connectivity index (χ0) is 49.9. The third kappa shape index (κ3) is 13.5. The van der Waals surface area contributed by atoms with Crippen LogP contribution < -0.4 is 21.7 Å². The molecule has 21 heteroatoms. The first kappa shape index (κ1) is 51.3. The van der Waals surface area contributed by atoms with Crippen molar-refractivity contribution in [3.05, 3.63) is 156 Å². The zero-order valence-electron chi connectivity index (χ0n) is 37.8. The van der Waals surface area contributed by atoms with Gasteiger partial charge in [-0.05, 0) is 84.8 Å². The molecule has 0 spiro atoms. The molecule has 4 aromatic carbocycles. The van der Waals surface area contributed by atoms with Gasteiger partial charge in [0.25, 0.3) is 20.0 Å². The Morgan fingerprint density at radius 2 is 1.04 bits per heavy atom. The minimum absolute atomic E-state index is 0.0146. The Bertz CT molecular complexity index is 3070. The highest BCUT2D eigenvalue weighted by Crippen LogP contribution is 2.34. The van der Waals surface area contributed by atoms with Crippen molar-refractivity contribution in [1.29, 1.82) is 0 Å². The van der Waals surface area contributed by atoms with Crippen molar-refractivity contribution < 1.29 is 44.8 Å². The van der Waals surface area contributed by atoms with E-state index in [1.54, 1.807) is 50.5 Å².